The van der Waals surface area contributed by atoms with E-state index in [1.165, 1.54) is 36.8 Å². The number of alkyl halides is 3. The number of ether oxygens (including phenoxy) is 1. The minimum Gasteiger partial charge on any atom is -0.481 e. The summed E-state index contributed by atoms with van der Waals surface area (Å²) in [5.74, 6) is -7.76. The van der Waals surface area contributed by atoms with Crippen molar-refractivity contribution in [2.24, 2.45) is 5.92 Å². The third-order valence-corrected chi connectivity index (χ3v) is 8.45. The van der Waals surface area contributed by atoms with Crippen LogP contribution in [0.15, 0.2) is 60.7 Å². The van der Waals surface area contributed by atoms with E-state index in [0.717, 1.165) is 75.3 Å². The Balaban J connectivity index is 2.03. The summed E-state index contributed by atoms with van der Waals surface area (Å²) in [7, 11) is 0. The number of nitrogens with one attached hydrogen (secondary N) is 1. The molecule has 0 saturated heterocycles. The van der Waals surface area contributed by atoms with Crippen molar-refractivity contribution in [1.29, 1.82) is 0 Å². The lowest BCUT2D eigenvalue weighted by molar-refractivity contribution is -0.172. The van der Waals surface area contributed by atoms with Crippen LogP contribution in [0, 0.1) is 5.92 Å². The van der Waals surface area contributed by atoms with Gasteiger partial charge < -0.3 is 30.5 Å². The lowest BCUT2D eigenvalue weighted by Crippen LogP contribution is -2.55. The van der Waals surface area contributed by atoms with E-state index in [2.05, 4.69) is 12.2 Å². The second-order valence-electron chi connectivity index (χ2n) is 12.7. The number of hydrogen-bond donors (Lipinski definition) is 5. The van der Waals surface area contributed by atoms with Gasteiger partial charge in [-0.05, 0) is 67.6 Å². The van der Waals surface area contributed by atoms with Crippen molar-refractivity contribution in [2.75, 3.05) is 0 Å². The Hall–Kier alpha value is -4.72. The standard InChI is InChI=1S/C38H48F3NO10/c1-2-3-4-7-10-13-28(43)14-11-8-5-6-9-12-15-31(37(51,36(49)50)25-33(44)45)34(46)42-32(35(47)48)24-26-16-20-29(21-17-26)52-30-22-18-27(19-23-30)38(39,40)41/h12,15-23,31-32,51H,2-11,13-14,24-25H2,1H3,(H,42,46)(H,44,45)(H,47,48)(H,49,50)/b15-12+/t31-,32+,37+/m1/s1. The molecule has 0 bridgehead atoms. The Morgan fingerprint density at radius 1 is 0.788 bits per heavy atom. The molecule has 14 heteroatoms. The van der Waals surface area contributed by atoms with Gasteiger partial charge in [0.2, 0.25) is 5.91 Å². The van der Waals surface area contributed by atoms with Gasteiger partial charge in [-0.2, -0.15) is 13.2 Å². The summed E-state index contributed by atoms with van der Waals surface area (Å²) in [4.78, 5) is 61.1. The average Bonchev–Trinajstić information content (AvgIpc) is 3.07. The molecule has 0 unspecified atom stereocenters. The quantitative estimate of drug-likeness (QED) is 0.0510. The maximum Gasteiger partial charge on any atom is 0.416 e. The van der Waals surface area contributed by atoms with Gasteiger partial charge in [0.15, 0.2) is 5.60 Å². The Morgan fingerprint density at radius 3 is 1.83 bits per heavy atom. The highest BCUT2D eigenvalue weighted by molar-refractivity contribution is 5.94. The molecule has 2 rings (SSSR count). The van der Waals surface area contributed by atoms with Gasteiger partial charge in [0.25, 0.3) is 0 Å². The summed E-state index contributed by atoms with van der Waals surface area (Å²) in [6.07, 6.45) is 6.02. The predicted octanol–water partition coefficient (Wildman–Crippen LogP) is 7.34. The third kappa shape index (κ3) is 15.3. The SMILES string of the molecule is CCCCCCCC(=O)CCCCCC/C=C/[C@H](C(=O)N[C@@H](Cc1ccc(Oc2ccc(C(F)(F)F)cc2)cc1)C(=O)O)[C@@](O)(CC(=O)O)C(=O)O. The molecule has 11 nitrogen and oxygen atoms in total. The molecule has 0 heterocycles. The molecule has 3 atom stereocenters. The van der Waals surface area contributed by atoms with Gasteiger partial charge in [-0.25, -0.2) is 9.59 Å². The van der Waals surface area contributed by atoms with Crippen molar-refractivity contribution in [1.82, 2.24) is 5.32 Å². The van der Waals surface area contributed by atoms with Crippen LogP contribution in [0.25, 0.3) is 0 Å². The molecule has 0 spiro atoms. The molecule has 0 aliphatic carbocycles. The first kappa shape index (κ1) is 43.4. The maximum atomic E-state index is 13.4. The Bertz CT molecular complexity index is 1490. The number of benzene rings is 2. The van der Waals surface area contributed by atoms with Gasteiger partial charge in [0.05, 0.1) is 17.9 Å². The summed E-state index contributed by atoms with van der Waals surface area (Å²) in [6.45, 7) is 2.13. The Morgan fingerprint density at radius 2 is 1.33 bits per heavy atom. The van der Waals surface area contributed by atoms with Crippen LogP contribution in [0.4, 0.5) is 13.2 Å². The van der Waals surface area contributed by atoms with Gasteiger partial charge in [-0.3, -0.25) is 14.4 Å². The van der Waals surface area contributed by atoms with Crippen molar-refractivity contribution < 1.29 is 62.3 Å². The number of carboxylic acid groups (broad SMARTS) is 3. The number of carbonyl (C=O) groups excluding carboxylic acids is 2. The fourth-order valence-corrected chi connectivity index (χ4v) is 5.47. The number of allylic oxidation sites excluding steroid dienone is 1. The van der Waals surface area contributed by atoms with E-state index in [0.29, 0.717) is 31.2 Å². The van der Waals surface area contributed by atoms with E-state index < -0.39 is 59.5 Å². The van der Waals surface area contributed by atoms with Crippen LogP contribution in [0.1, 0.15) is 102 Å². The zero-order valence-corrected chi connectivity index (χ0v) is 29.2. The molecule has 5 N–H and O–H groups in total. The monoisotopic (exact) mass is 735 g/mol. The van der Waals surface area contributed by atoms with Crippen molar-refractivity contribution in [2.45, 2.75) is 115 Å². The molecule has 0 aliphatic heterocycles. The number of aliphatic hydroxyl groups is 1. The molecule has 52 heavy (non-hydrogen) atoms. The molecule has 0 radical (unpaired) electrons. The number of halogens is 3. The molecule has 286 valence electrons. The molecule has 2 aromatic carbocycles. The predicted molar refractivity (Wildman–Crippen MR) is 185 cm³/mol. The van der Waals surface area contributed by atoms with E-state index >= 15 is 0 Å². The Kier molecular flexibility index (Phi) is 18.0. The second kappa shape index (κ2) is 21.6. The molecular formula is C38H48F3NO10. The first-order valence-electron chi connectivity index (χ1n) is 17.4. The number of rotatable bonds is 25. The van der Waals surface area contributed by atoms with Crippen LogP contribution >= 0.6 is 0 Å². The van der Waals surface area contributed by atoms with Crippen molar-refractivity contribution in [3.05, 3.63) is 71.8 Å². The molecule has 1 amide bonds. The van der Waals surface area contributed by atoms with Gasteiger partial charge >= 0.3 is 24.1 Å². The second-order valence-corrected chi connectivity index (χ2v) is 12.7. The number of aliphatic carboxylic acids is 3. The van der Waals surface area contributed by atoms with Crippen LogP contribution in [-0.4, -0.2) is 61.7 Å². The molecule has 0 aromatic heterocycles. The van der Waals surface area contributed by atoms with Crippen LogP contribution in [0.3, 0.4) is 0 Å². The molecular weight excluding hydrogens is 687 g/mol. The number of hydrogen-bond acceptors (Lipinski definition) is 7. The minimum absolute atomic E-state index is 0.123. The average molecular weight is 736 g/mol. The lowest BCUT2D eigenvalue weighted by Gasteiger charge is -2.29. The van der Waals surface area contributed by atoms with Crippen molar-refractivity contribution in [3.8, 4) is 11.5 Å². The van der Waals surface area contributed by atoms with E-state index in [1.807, 2.05) is 0 Å². The van der Waals surface area contributed by atoms with Gasteiger partial charge in [0, 0.05) is 19.3 Å². The van der Waals surface area contributed by atoms with E-state index in [-0.39, 0.29) is 23.7 Å². The van der Waals surface area contributed by atoms with E-state index in [1.54, 1.807) is 0 Å². The van der Waals surface area contributed by atoms with Crippen molar-refractivity contribution >= 4 is 29.6 Å². The zero-order valence-electron chi connectivity index (χ0n) is 29.2. The molecule has 0 aliphatic rings. The number of carboxylic acids is 3. The largest absolute Gasteiger partial charge is 0.481 e. The van der Waals surface area contributed by atoms with Crippen molar-refractivity contribution in [3.63, 3.8) is 0 Å². The molecule has 2 aromatic rings. The number of amides is 1. The van der Waals surface area contributed by atoms with Gasteiger partial charge in [-0.1, -0.05) is 69.7 Å². The summed E-state index contributed by atoms with van der Waals surface area (Å²) >= 11 is 0. The fraction of sp³-hybridized carbons (Fsp3) is 0.500. The number of Topliss-reactive ketones (excluding diaryl/α,β-unsaturated/α-hetero) is 1. The summed E-state index contributed by atoms with van der Waals surface area (Å²) < 4.78 is 44.0. The fourth-order valence-electron chi connectivity index (χ4n) is 5.47. The van der Waals surface area contributed by atoms with Crippen LogP contribution in [0.5, 0.6) is 11.5 Å². The zero-order chi connectivity index (χ0) is 38.7. The highest BCUT2D eigenvalue weighted by Crippen LogP contribution is 2.31. The van der Waals surface area contributed by atoms with Crippen LogP contribution in [0.2, 0.25) is 0 Å². The lowest BCUT2D eigenvalue weighted by atomic mass is 9.82. The summed E-state index contributed by atoms with van der Waals surface area (Å²) in [6, 6.07) is 8.17. The Labute approximate surface area is 300 Å². The topological polar surface area (TPSA) is 188 Å². The summed E-state index contributed by atoms with van der Waals surface area (Å²) in [5.41, 5.74) is -3.56. The minimum atomic E-state index is -4.51. The number of unbranched alkanes of at least 4 members (excludes halogenated alkanes) is 8. The highest BCUT2D eigenvalue weighted by atomic mass is 19.4. The normalized spacial score (nSPS) is 13.9. The van der Waals surface area contributed by atoms with Crippen LogP contribution < -0.4 is 10.1 Å². The summed E-state index contributed by atoms with van der Waals surface area (Å²) in [5, 5.41) is 42.1. The molecule has 0 fully saturated rings. The van der Waals surface area contributed by atoms with Gasteiger partial charge in [0.1, 0.15) is 23.3 Å². The first-order chi connectivity index (χ1) is 24.6. The first-order valence-corrected chi connectivity index (χ1v) is 17.4. The van der Waals surface area contributed by atoms with Gasteiger partial charge in [-0.15, -0.1) is 0 Å². The maximum absolute atomic E-state index is 13.4. The van der Waals surface area contributed by atoms with E-state index in [9.17, 15) is 57.6 Å². The highest BCUT2D eigenvalue weighted by Gasteiger charge is 2.49. The van der Waals surface area contributed by atoms with E-state index in [4.69, 9.17) is 4.74 Å². The number of ketones is 1. The number of carbonyl (C=O) groups is 5. The smallest absolute Gasteiger partial charge is 0.416 e. The molecule has 0 saturated carbocycles. The van der Waals surface area contributed by atoms with Crippen LogP contribution in [-0.2, 0) is 36.6 Å². The third-order valence-electron chi connectivity index (χ3n) is 8.45.